The largest absolute Gasteiger partial charge is 0.259 e. The van der Waals surface area contributed by atoms with E-state index in [1.807, 2.05) is 12.1 Å². The lowest BCUT2D eigenvalue weighted by Crippen LogP contribution is -2.14. The van der Waals surface area contributed by atoms with E-state index in [1.165, 1.54) is 38.6 Å². The molecule has 1 aliphatic rings. The van der Waals surface area contributed by atoms with Crippen LogP contribution >= 0.6 is 0 Å². The molecule has 0 saturated heterocycles. The third-order valence-electron chi connectivity index (χ3n) is 10.4. The standard InChI is InChI=1S/C47H30N4/c1-47(2)41-17-7-6-14-35(41)38-26-39-40(27-42(38)47)46(33-13-8-10-30(23-33)43-22-29(28-48)18-20-50-43)37-16-5-4-15-36(37)45(39)32-12-9-11-31(24-32)44-25-34(49-3)19-21-51-44/h4-27H,1-2H3. The summed E-state index contributed by atoms with van der Waals surface area (Å²) in [6.45, 7) is 12.2. The molecule has 0 unspecified atom stereocenters. The summed E-state index contributed by atoms with van der Waals surface area (Å²) in [4.78, 5) is 12.9. The van der Waals surface area contributed by atoms with Crippen molar-refractivity contribution in [2.75, 3.05) is 0 Å². The molecule has 0 fully saturated rings. The van der Waals surface area contributed by atoms with Crippen LogP contribution in [0.15, 0.2) is 146 Å². The van der Waals surface area contributed by atoms with E-state index in [4.69, 9.17) is 6.57 Å². The molecule has 0 atom stereocenters. The Bertz CT molecular complexity index is 2810. The fourth-order valence-corrected chi connectivity index (χ4v) is 7.97. The van der Waals surface area contributed by atoms with Crippen molar-refractivity contribution in [3.63, 3.8) is 0 Å². The molecule has 238 valence electrons. The second kappa shape index (κ2) is 11.6. The van der Waals surface area contributed by atoms with E-state index in [0.717, 1.165) is 50.0 Å². The van der Waals surface area contributed by atoms with Gasteiger partial charge in [-0.05, 0) is 120 Å². The van der Waals surface area contributed by atoms with E-state index < -0.39 is 0 Å². The summed E-state index contributed by atoms with van der Waals surface area (Å²) in [5, 5.41) is 14.3. The van der Waals surface area contributed by atoms with Crippen LogP contribution in [0.3, 0.4) is 0 Å². The number of nitrogens with zero attached hydrogens (tertiary/aromatic N) is 4. The molecule has 1 aliphatic carbocycles. The molecule has 0 N–H and O–H groups in total. The lowest BCUT2D eigenvalue weighted by molar-refractivity contribution is 0.661. The predicted molar refractivity (Wildman–Crippen MR) is 207 cm³/mol. The van der Waals surface area contributed by atoms with Crippen LogP contribution in [-0.2, 0) is 5.41 Å². The van der Waals surface area contributed by atoms with Crippen molar-refractivity contribution in [3.05, 3.63) is 174 Å². The lowest BCUT2D eigenvalue weighted by Gasteiger charge is -2.24. The maximum atomic E-state index is 9.59. The van der Waals surface area contributed by atoms with E-state index in [2.05, 4.69) is 144 Å². The number of rotatable bonds is 4. The number of hydrogen-bond acceptors (Lipinski definition) is 3. The van der Waals surface area contributed by atoms with Crippen molar-refractivity contribution in [3.8, 4) is 62.0 Å². The van der Waals surface area contributed by atoms with Crippen LogP contribution < -0.4 is 0 Å². The van der Waals surface area contributed by atoms with Crippen LogP contribution in [0.4, 0.5) is 5.69 Å². The number of pyridine rings is 2. The first-order valence-electron chi connectivity index (χ1n) is 17.0. The Labute approximate surface area is 296 Å². The Morgan fingerprint density at radius 3 is 1.80 bits per heavy atom. The Kier molecular flexibility index (Phi) is 6.88. The number of hydrogen-bond donors (Lipinski definition) is 0. The first kappa shape index (κ1) is 30.2. The molecule has 4 heteroatoms. The smallest absolute Gasteiger partial charge is 0.190 e. The molecule has 0 spiro atoms. The van der Waals surface area contributed by atoms with Gasteiger partial charge in [-0.3, -0.25) is 9.97 Å². The Morgan fingerprint density at radius 1 is 0.549 bits per heavy atom. The number of nitriles is 1. The molecule has 2 heterocycles. The van der Waals surface area contributed by atoms with Crippen LogP contribution in [0.25, 0.3) is 82.3 Å². The predicted octanol–water partition coefficient (Wildman–Crippen LogP) is 12.2. The van der Waals surface area contributed by atoms with Gasteiger partial charge in [0.25, 0.3) is 0 Å². The molecule has 2 aromatic heterocycles. The van der Waals surface area contributed by atoms with Gasteiger partial charge < -0.3 is 0 Å². The highest BCUT2D eigenvalue weighted by atomic mass is 14.7. The van der Waals surface area contributed by atoms with Crippen LogP contribution in [0.2, 0.25) is 0 Å². The van der Waals surface area contributed by atoms with Gasteiger partial charge in [-0.2, -0.15) is 5.26 Å². The van der Waals surface area contributed by atoms with E-state index in [-0.39, 0.29) is 5.41 Å². The number of aromatic nitrogens is 2. The fraction of sp³-hybridized carbons (Fsp3) is 0.0638. The lowest BCUT2D eigenvalue weighted by atomic mass is 9.79. The van der Waals surface area contributed by atoms with Gasteiger partial charge >= 0.3 is 0 Å². The Balaban J connectivity index is 1.38. The number of benzene rings is 6. The van der Waals surface area contributed by atoms with Crippen molar-refractivity contribution in [2.45, 2.75) is 19.3 Å². The second-order valence-corrected chi connectivity index (χ2v) is 13.6. The zero-order chi connectivity index (χ0) is 34.7. The maximum absolute atomic E-state index is 9.59. The molecule has 0 aliphatic heterocycles. The van der Waals surface area contributed by atoms with Crippen molar-refractivity contribution in [1.82, 2.24) is 9.97 Å². The highest BCUT2D eigenvalue weighted by Crippen LogP contribution is 2.53. The summed E-state index contributed by atoms with van der Waals surface area (Å²) >= 11 is 0. The minimum atomic E-state index is -0.174. The summed E-state index contributed by atoms with van der Waals surface area (Å²) in [5.74, 6) is 0. The van der Waals surface area contributed by atoms with Gasteiger partial charge in [-0.1, -0.05) is 98.8 Å². The third kappa shape index (κ3) is 4.81. The normalized spacial score (nSPS) is 12.6. The SMILES string of the molecule is [C-]#[N+]c1ccnc(-c2cccc(-c3c4ccccc4c(-c4cccc(-c5cc(C#N)ccn5)c4)c4cc5c(cc34)-c3ccccc3C5(C)C)c2)c1. The highest BCUT2D eigenvalue weighted by molar-refractivity contribution is 6.22. The molecule has 6 aromatic carbocycles. The Hall–Kier alpha value is -6.88. The minimum absolute atomic E-state index is 0.174. The quantitative estimate of drug-likeness (QED) is 0.141. The average molecular weight is 651 g/mol. The monoisotopic (exact) mass is 650 g/mol. The molecule has 0 amide bonds. The molecule has 0 radical (unpaired) electrons. The van der Waals surface area contributed by atoms with Crippen molar-refractivity contribution >= 4 is 27.2 Å². The number of fused-ring (bicyclic) bond motifs is 5. The second-order valence-electron chi connectivity index (χ2n) is 13.6. The summed E-state index contributed by atoms with van der Waals surface area (Å²) < 4.78 is 0. The highest BCUT2D eigenvalue weighted by Gasteiger charge is 2.36. The van der Waals surface area contributed by atoms with Gasteiger partial charge in [0.2, 0.25) is 0 Å². The van der Waals surface area contributed by atoms with Crippen LogP contribution in [0.5, 0.6) is 0 Å². The van der Waals surface area contributed by atoms with Crippen molar-refractivity contribution < 1.29 is 0 Å². The van der Waals surface area contributed by atoms with E-state index in [1.54, 1.807) is 24.5 Å². The summed E-state index contributed by atoms with van der Waals surface area (Å²) in [6.07, 6.45) is 3.41. The molecule has 51 heavy (non-hydrogen) atoms. The van der Waals surface area contributed by atoms with Crippen molar-refractivity contribution in [2.24, 2.45) is 0 Å². The zero-order valence-electron chi connectivity index (χ0n) is 28.1. The molecule has 9 rings (SSSR count). The van der Waals surface area contributed by atoms with Gasteiger partial charge in [0, 0.05) is 23.4 Å². The summed E-state index contributed by atoms with van der Waals surface area (Å²) in [7, 11) is 0. The Morgan fingerprint density at radius 2 is 1.14 bits per heavy atom. The van der Waals surface area contributed by atoms with Gasteiger partial charge in [-0.25, -0.2) is 4.85 Å². The van der Waals surface area contributed by atoms with Crippen LogP contribution in [-0.4, -0.2) is 9.97 Å². The first-order chi connectivity index (χ1) is 24.9. The summed E-state index contributed by atoms with van der Waals surface area (Å²) in [6, 6.07) is 48.8. The molecule has 8 aromatic rings. The minimum Gasteiger partial charge on any atom is -0.259 e. The molecule has 0 bridgehead atoms. The van der Waals surface area contributed by atoms with Crippen molar-refractivity contribution in [1.29, 1.82) is 5.26 Å². The topological polar surface area (TPSA) is 53.9 Å². The van der Waals surface area contributed by atoms with Gasteiger partial charge in [0.15, 0.2) is 5.69 Å². The van der Waals surface area contributed by atoms with E-state index >= 15 is 0 Å². The average Bonchev–Trinajstić information content (AvgIpc) is 3.41. The van der Waals surface area contributed by atoms with E-state index in [0.29, 0.717) is 11.3 Å². The van der Waals surface area contributed by atoms with Gasteiger partial charge in [0.1, 0.15) is 0 Å². The maximum Gasteiger partial charge on any atom is 0.190 e. The molecular weight excluding hydrogens is 621 g/mol. The fourth-order valence-electron chi connectivity index (χ4n) is 7.97. The van der Waals surface area contributed by atoms with Gasteiger partial charge in [-0.15, -0.1) is 0 Å². The van der Waals surface area contributed by atoms with Crippen LogP contribution in [0.1, 0.15) is 30.5 Å². The molecule has 0 saturated carbocycles. The molecular formula is C47H30N4. The first-order valence-corrected chi connectivity index (χ1v) is 17.0. The zero-order valence-corrected chi connectivity index (χ0v) is 28.1. The third-order valence-corrected chi connectivity index (χ3v) is 10.4. The summed E-state index contributed by atoms with van der Waals surface area (Å²) in [5.41, 5.74) is 14.1. The molecule has 4 nitrogen and oxygen atoms in total. The van der Waals surface area contributed by atoms with Crippen LogP contribution in [0, 0.1) is 17.9 Å². The van der Waals surface area contributed by atoms with E-state index in [9.17, 15) is 5.26 Å². The van der Waals surface area contributed by atoms with Gasteiger partial charge in [0.05, 0.1) is 29.6 Å².